The summed E-state index contributed by atoms with van der Waals surface area (Å²) < 4.78 is 23.8. The van der Waals surface area contributed by atoms with Gasteiger partial charge < -0.3 is 24.1 Å². The minimum atomic E-state index is -1.22. The fourth-order valence-corrected chi connectivity index (χ4v) is 3.96. The Morgan fingerprint density at radius 2 is 1.83 bits per heavy atom. The van der Waals surface area contributed by atoms with E-state index in [1.165, 1.54) is 17.5 Å². The summed E-state index contributed by atoms with van der Waals surface area (Å²) >= 11 is 1.10. The van der Waals surface area contributed by atoms with E-state index in [1.807, 2.05) is 0 Å². The largest absolute Gasteiger partial charge is 0.842 e. The molecule has 2 aromatic heterocycles. The van der Waals surface area contributed by atoms with Crippen LogP contribution in [-0.4, -0.2) is 47.2 Å². The fourth-order valence-electron chi connectivity index (χ4n) is 3.09. The Morgan fingerprint density at radius 3 is 2.45 bits per heavy atom. The quantitative estimate of drug-likeness (QED) is 0.336. The monoisotopic (exact) mass is 426 g/mol. The highest BCUT2D eigenvalue weighted by molar-refractivity contribution is 7.14. The molecule has 1 fully saturated rings. The second-order valence-electron chi connectivity index (χ2n) is 6.26. The van der Waals surface area contributed by atoms with Crippen molar-refractivity contribution in [2.45, 2.75) is 45.3 Å². The van der Waals surface area contributed by atoms with Gasteiger partial charge in [-0.1, -0.05) is 11.3 Å². The summed E-state index contributed by atoms with van der Waals surface area (Å²) in [6.45, 7) is 3.21. The van der Waals surface area contributed by atoms with E-state index in [1.54, 1.807) is 5.38 Å². The van der Waals surface area contributed by atoms with Crippen molar-refractivity contribution in [2.24, 2.45) is 0 Å². The highest BCUT2D eigenvalue weighted by Crippen LogP contribution is 2.32. The van der Waals surface area contributed by atoms with Crippen molar-refractivity contribution >= 4 is 34.2 Å². The van der Waals surface area contributed by atoms with Crippen LogP contribution < -0.4 is 15.2 Å². The molecule has 0 bridgehead atoms. The molecule has 2 aromatic rings. The third-order valence-corrected chi connectivity index (χ3v) is 4.97. The molecule has 156 valence electrons. The summed E-state index contributed by atoms with van der Waals surface area (Å²) in [6, 6.07) is 0.869. The van der Waals surface area contributed by atoms with Crippen molar-refractivity contribution in [1.29, 1.82) is 0 Å². The van der Waals surface area contributed by atoms with Crippen LogP contribution in [0.25, 0.3) is 4.96 Å². The van der Waals surface area contributed by atoms with Gasteiger partial charge in [0.2, 0.25) is 12.3 Å². The number of hydrogen-bond donors (Lipinski definition) is 0. The van der Waals surface area contributed by atoms with Crippen LogP contribution in [0.2, 0.25) is 0 Å². The first kappa shape index (κ1) is 20.7. The molecule has 4 unspecified atom stereocenters. The minimum absolute atomic E-state index is 0.236. The van der Waals surface area contributed by atoms with Gasteiger partial charge in [-0.3, -0.25) is 14.4 Å². The summed E-state index contributed by atoms with van der Waals surface area (Å²) in [7, 11) is 0. The van der Waals surface area contributed by atoms with E-state index in [9.17, 15) is 24.3 Å². The lowest BCUT2D eigenvalue weighted by Crippen LogP contribution is -2.52. The molecule has 0 N–H and O–H groups in total. The van der Waals surface area contributed by atoms with E-state index in [-0.39, 0.29) is 11.6 Å². The molecule has 0 amide bonds. The minimum Gasteiger partial charge on any atom is -0.842 e. The highest BCUT2D eigenvalue weighted by Gasteiger charge is 2.53. The Kier molecular flexibility index (Phi) is 5.84. The average molecular weight is 426 g/mol. The van der Waals surface area contributed by atoms with Crippen LogP contribution in [0, 0.1) is 0 Å². The number of aromatic nitrogens is 2. The van der Waals surface area contributed by atoms with Gasteiger partial charge >= 0.3 is 28.4 Å². The number of fused-ring (bicyclic) bond motifs is 1. The smallest absolute Gasteiger partial charge is 0.350 e. The summed E-state index contributed by atoms with van der Waals surface area (Å²) in [5.41, 5.74) is -0.530. The molecule has 1 aliphatic heterocycles. The number of ether oxygens (including phenoxy) is 4. The maximum Gasteiger partial charge on any atom is 0.350 e. The second kappa shape index (κ2) is 8.17. The Hall–Kier alpha value is -2.99. The molecule has 0 aromatic carbocycles. The number of thiazole rings is 1. The summed E-state index contributed by atoms with van der Waals surface area (Å²) in [5, 5.41) is 14.2. The van der Waals surface area contributed by atoms with Gasteiger partial charge in [-0.25, -0.2) is 4.79 Å². The standard InChI is InChI=1S/C17H18N2O9S/c1-8(20)25-7-11-14(26-9(2)21)15(27-10(3)22)16(28-11)19-13(24)6-12(23)18-4-5-29-17(18)19/h4-6,11,14-16H,7H2,1-3H3. The van der Waals surface area contributed by atoms with E-state index in [0.29, 0.717) is 0 Å². The van der Waals surface area contributed by atoms with E-state index in [4.69, 9.17) is 18.9 Å². The summed E-state index contributed by atoms with van der Waals surface area (Å²) in [5.74, 6) is -2.65. The Morgan fingerprint density at radius 1 is 1.17 bits per heavy atom. The van der Waals surface area contributed by atoms with Crippen molar-refractivity contribution in [3.63, 3.8) is 0 Å². The molecular formula is C17H18N2O9S. The maximum atomic E-state index is 12.6. The molecule has 4 atom stereocenters. The van der Waals surface area contributed by atoms with Crippen molar-refractivity contribution in [1.82, 2.24) is 4.40 Å². The molecular weight excluding hydrogens is 408 g/mol. The van der Waals surface area contributed by atoms with Crippen LogP contribution in [0.15, 0.2) is 22.4 Å². The van der Waals surface area contributed by atoms with Gasteiger partial charge in [0.25, 0.3) is 0 Å². The zero-order chi connectivity index (χ0) is 21.3. The predicted molar refractivity (Wildman–Crippen MR) is 92.8 cm³/mol. The third-order valence-electron chi connectivity index (χ3n) is 4.11. The Balaban J connectivity index is 2.09. The highest BCUT2D eigenvalue weighted by atomic mass is 32.1. The van der Waals surface area contributed by atoms with E-state index in [2.05, 4.69) is 0 Å². The summed E-state index contributed by atoms with van der Waals surface area (Å²) in [4.78, 5) is 46.8. The van der Waals surface area contributed by atoms with Gasteiger partial charge in [-0.05, 0) is 0 Å². The van der Waals surface area contributed by atoms with Gasteiger partial charge in [-0.2, -0.15) is 8.97 Å². The lowest BCUT2D eigenvalue weighted by atomic mass is 10.1. The van der Waals surface area contributed by atoms with E-state index >= 15 is 0 Å². The van der Waals surface area contributed by atoms with Crippen LogP contribution in [0.5, 0.6) is 5.88 Å². The number of nitrogens with zero attached hydrogens (tertiary/aromatic N) is 2. The first-order chi connectivity index (χ1) is 13.7. The second-order valence-corrected chi connectivity index (χ2v) is 7.14. The van der Waals surface area contributed by atoms with Crippen LogP contribution in [0.1, 0.15) is 27.0 Å². The SMILES string of the molecule is CC(=O)OCC1OC([n+]2c([O-])cc(=O)n3ccsc32)C(OC(C)=O)C1OC(C)=O. The van der Waals surface area contributed by atoms with Crippen molar-refractivity contribution < 1.29 is 43.0 Å². The lowest BCUT2D eigenvalue weighted by molar-refractivity contribution is -0.774. The van der Waals surface area contributed by atoms with Crippen LogP contribution in [0.3, 0.4) is 0 Å². The van der Waals surface area contributed by atoms with Crippen LogP contribution in [0.4, 0.5) is 0 Å². The number of hydrogen-bond acceptors (Lipinski definition) is 10. The molecule has 1 saturated heterocycles. The van der Waals surface area contributed by atoms with Crippen molar-refractivity contribution in [2.75, 3.05) is 6.61 Å². The molecule has 11 nitrogen and oxygen atoms in total. The number of carbonyl (C=O) groups excluding carboxylic acids is 3. The zero-order valence-corrected chi connectivity index (χ0v) is 16.5. The van der Waals surface area contributed by atoms with Crippen molar-refractivity contribution in [3.05, 3.63) is 28.0 Å². The first-order valence-electron chi connectivity index (χ1n) is 8.53. The summed E-state index contributed by atoms with van der Waals surface area (Å²) in [6.07, 6.45) is -3.09. The average Bonchev–Trinajstić information content (AvgIpc) is 3.20. The number of esters is 3. The Labute approximate surface area is 168 Å². The molecule has 0 saturated carbocycles. The first-order valence-corrected chi connectivity index (χ1v) is 9.41. The molecule has 1 aliphatic rings. The fraction of sp³-hybridized carbons (Fsp3) is 0.471. The van der Waals surface area contributed by atoms with E-state index < -0.39 is 53.9 Å². The zero-order valence-electron chi connectivity index (χ0n) is 15.7. The van der Waals surface area contributed by atoms with Gasteiger partial charge in [0.05, 0.1) is 11.9 Å². The molecule has 3 heterocycles. The third kappa shape index (κ3) is 4.22. The maximum absolute atomic E-state index is 12.6. The van der Waals surface area contributed by atoms with Gasteiger partial charge in [-0.15, -0.1) is 0 Å². The van der Waals surface area contributed by atoms with Gasteiger partial charge in [0.15, 0.2) is 6.10 Å². The van der Waals surface area contributed by atoms with Crippen molar-refractivity contribution in [3.8, 4) is 5.88 Å². The van der Waals surface area contributed by atoms with Crippen LogP contribution >= 0.6 is 11.3 Å². The van der Waals surface area contributed by atoms with Gasteiger partial charge in [0, 0.05) is 26.2 Å². The van der Waals surface area contributed by atoms with Gasteiger partial charge in [0.1, 0.15) is 18.9 Å². The molecule has 0 aliphatic carbocycles. The topological polar surface area (TPSA) is 137 Å². The normalized spacial score (nSPS) is 23.7. The molecule has 0 spiro atoms. The molecule has 29 heavy (non-hydrogen) atoms. The van der Waals surface area contributed by atoms with Crippen LogP contribution in [-0.2, 0) is 33.3 Å². The Bertz CT molecular complexity index is 1010. The molecule has 0 radical (unpaired) electrons. The lowest BCUT2D eigenvalue weighted by Gasteiger charge is -2.23. The molecule has 3 rings (SSSR count). The van der Waals surface area contributed by atoms with E-state index in [0.717, 1.165) is 35.8 Å². The number of rotatable bonds is 5. The number of carbonyl (C=O) groups is 3. The predicted octanol–water partition coefficient (Wildman–Crippen LogP) is -0.954. The molecule has 12 heteroatoms.